The first-order chi connectivity index (χ1) is 18.3. The molecule has 0 fully saturated rings. The number of pyridine rings is 1. The molecule has 38 heavy (non-hydrogen) atoms. The Kier molecular flexibility index (Phi) is 7.72. The normalized spacial score (nSPS) is 13.1. The van der Waals surface area contributed by atoms with Gasteiger partial charge in [0.15, 0.2) is 5.82 Å². The molecule has 0 saturated carbocycles. The number of thiophene rings is 1. The van der Waals surface area contributed by atoms with Crippen LogP contribution >= 0.6 is 22.9 Å². The standard InChI is InChI=1S/C30H30ClN5OS/c1-17(2)37-24-10-9-21(31)16-22(24)25-18(3)38-29-27(25)35-30(20-11-13-34-14-12-20)36-28(29)26(33)23(32)15-19-7-5-4-6-8-19/h4-14,16-17,23,26H,15,32-33H2,1-3H3. The minimum absolute atomic E-state index is 0.00195. The SMILES string of the molecule is Cc1sc2c(C(N)C(N)Cc3ccccc3)nc(-c3ccncc3)nc2c1-c1cc(Cl)ccc1OC(C)C. The number of benzene rings is 2. The third-order valence-electron chi connectivity index (χ3n) is 6.34. The maximum absolute atomic E-state index is 6.85. The number of ether oxygens (including phenoxy) is 1. The summed E-state index contributed by atoms with van der Waals surface area (Å²) in [6, 6.07) is 18.8. The van der Waals surface area contributed by atoms with Crippen molar-refractivity contribution in [2.45, 2.75) is 45.4 Å². The highest BCUT2D eigenvalue weighted by Gasteiger charge is 2.26. The number of aromatic nitrogens is 3. The average Bonchev–Trinajstić information content (AvgIpc) is 3.25. The second-order valence-corrected chi connectivity index (χ2v) is 11.2. The summed E-state index contributed by atoms with van der Waals surface area (Å²) in [6.07, 6.45) is 4.10. The number of aryl methyl sites for hydroxylation is 1. The van der Waals surface area contributed by atoms with Crippen LogP contribution in [0, 0.1) is 6.92 Å². The first-order valence-corrected chi connectivity index (χ1v) is 13.7. The van der Waals surface area contributed by atoms with Crippen LogP contribution in [0.2, 0.25) is 5.02 Å². The van der Waals surface area contributed by atoms with Crippen LogP contribution in [0.25, 0.3) is 32.7 Å². The van der Waals surface area contributed by atoms with Gasteiger partial charge in [0.2, 0.25) is 0 Å². The summed E-state index contributed by atoms with van der Waals surface area (Å²) in [5.41, 5.74) is 18.9. The topological polar surface area (TPSA) is 99.9 Å². The van der Waals surface area contributed by atoms with Crippen LogP contribution in [-0.4, -0.2) is 27.1 Å². The maximum atomic E-state index is 6.85. The van der Waals surface area contributed by atoms with Gasteiger partial charge in [-0.15, -0.1) is 11.3 Å². The van der Waals surface area contributed by atoms with Gasteiger partial charge in [-0.1, -0.05) is 41.9 Å². The van der Waals surface area contributed by atoms with E-state index < -0.39 is 6.04 Å². The predicted octanol–water partition coefficient (Wildman–Crippen LogP) is 6.74. The number of nitrogens with zero attached hydrogens (tertiary/aromatic N) is 3. The molecule has 0 amide bonds. The molecule has 5 aromatic rings. The van der Waals surface area contributed by atoms with Crippen molar-refractivity contribution < 1.29 is 4.74 Å². The lowest BCUT2D eigenvalue weighted by molar-refractivity contribution is 0.243. The Balaban J connectivity index is 1.71. The first-order valence-electron chi connectivity index (χ1n) is 12.5. The Labute approximate surface area is 231 Å². The van der Waals surface area contributed by atoms with Crippen LogP contribution in [0.15, 0.2) is 73.1 Å². The summed E-state index contributed by atoms with van der Waals surface area (Å²) < 4.78 is 7.09. The maximum Gasteiger partial charge on any atom is 0.160 e. The summed E-state index contributed by atoms with van der Waals surface area (Å²) in [5, 5.41) is 0.625. The Morgan fingerprint density at radius 1 is 0.974 bits per heavy atom. The molecule has 5 rings (SSSR count). The summed E-state index contributed by atoms with van der Waals surface area (Å²) in [6.45, 7) is 6.09. The van der Waals surface area contributed by atoms with Gasteiger partial charge in [0.05, 0.1) is 28.1 Å². The second-order valence-electron chi connectivity index (χ2n) is 9.57. The van der Waals surface area contributed by atoms with E-state index in [1.54, 1.807) is 23.7 Å². The molecule has 6 nitrogen and oxygen atoms in total. The number of halogens is 1. The van der Waals surface area contributed by atoms with Crippen LogP contribution in [-0.2, 0) is 6.42 Å². The van der Waals surface area contributed by atoms with Crippen molar-refractivity contribution in [3.8, 4) is 28.3 Å². The minimum atomic E-state index is -0.502. The van der Waals surface area contributed by atoms with Gasteiger partial charge < -0.3 is 16.2 Å². The van der Waals surface area contributed by atoms with E-state index in [0.717, 1.165) is 48.8 Å². The van der Waals surface area contributed by atoms with E-state index in [0.29, 0.717) is 17.3 Å². The molecule has 0 aliphatic carbocycles. The molecule has 2 aromatic carbocycles. The second kappa shape index (κ2) is 11.2. The molecular formula is C30H30ClN5OS. The van der Waals surface area contributed by atoms with Crippen molar-refractivity contribution in [2.75, 3.05) is 0 Å². The molecule has 4 N–H and O–H groups in total. The number of hydrogen-bond acceptors (Lipinski definition) is 7. The van der Waals surface area contributed by atoms with E-state index in [1.807, 2.05) is 62.4 Å². The van der Waals surface area contributed by atoms with Gasteiger partial charge in [-0.05, 0) is 63.1 Å². The quantitative estimate of drug-likeness (QED) is 0.225. The number of fused-ring (bicyclic) bond motifs is 1. The molecule has 0 radical (unpaired) electrons. The van der Waals surface area contributed by atoms with Gasteiger partial charge in [0, 0.05) is 45.0 Å². The highest BCUT2D eigenvalue weighted by molar-refractivity contribution is 7.19. The zero-order chi connectivity index (χ0) is 26.8. The van der Waals surface area contributed by atoms with E-state index in [-0.39, 0.29) is 12.1 Å². The van der Waals surface area contributed by atoms with Crippen LogP contribution in [0.1, 0.15) is 36.0 Å². The van der Waals surface area contributed by atoms with Gasteiger partial charge in [0.25, 0.3) is 0 Å². The van der Waals surface area contributed by atoms with E-state index in [9.17, 15) is 0 Å². The highest BCUT2D eigenvalue weighted by Crippen LogP contribution is 2.45. The van der Waals surface area contributed by atoms with E-state index in [2.05, 4.69) is 24.0 Å². The van der Waals surface area contributed by atoms with Crippen LogP contribution in [0.3, 0.4) is 0 Å². The lowest BCUT2D eigenvalue weighted by Gasteiger charge is -2.21. The van der Waals surface area contributed by atoms with Crippen molar-refractivity contribution in [1.29, 1.82) is 0 Å². The zero-order valence-corrected chi connectivity index (χ0v) is 23.1. The molecule has 8 heteroatoms. The van der Waals surface area contributed by atoms with Gasteiger partial charge in [-0.25, -0.2) is 9.97 Å². The number of rotatable bonds is 8. The van der Waals surface area contributed by atoms with Gasteiger partial charge in [-0.2, -0.15) is 0 Å². The lowest BCUT2D eigenvalue weighted by atomic mass is 9.97. The fraction of sp³-hybridized carbons (Fsp3) is 0.233. The fourth-order valence-corrected chi connectivity index (χ4v) is 5.87. The Hall–Kier alpha value is -3.36. The molecule has 0 spiro atoms. The fourth-order valence-electron chi connectivity index (χ4n) is 4.55. The third kappa shape index (κ3) is 5.42. The van der Waals surface area contributed by atoms with Crippen molar-refractivity contribution in [3.05, 3.63) is 94.2 Å². The zero-order valence-electron chi connectivity index (χ0n) is 21.6. The minimum Gasteiger partial charge on any atom is -0.490 e. The molecule has 2 atom stereocenters. The van der Waals surface area contributed by atoms with E-state index in [4.69, 9.17) is 37.8 Å². The monoisotopic (exact) mass is 543 g/mol. The van der Waals surface area contributed by atoms with Crippen LogP contribution in [0.4, 0.5) is 0 Å². The summed E-state index contributed by atoms with van der Waals surface area (Å²) >= 11 is 8.09. The molecule has 194 valence electrons. The largest absolute Gasteiger partial charge is 0.490 e. The summed E-state index contributed by atoms with van der Waals surface area (Å²) in [4.78, 5) is 15.3. The Bertz CT molecular complexity index is 1560. The smallest absolute Gasteiger partial charge is 0.160 e. The molecule has 2 unspecified atom stereocenters. The van der Waals surface area contributed by atoms with Crippen molar-refractivity contribution >= 4 is 33.2 Å². The molecule has 3 aromatic heterocycles. The molecule has 0 aliphatic heterocycles. The van der Waals surface area contributed by atoms with Crippen molar-refractivity contribution in [1.82, 2.24) is 15.0 Å². The Morgan fingerprint density at radius 3 is 2.42 bits per heavy atom. The average molecular weight is 544 g/mol. The first kappa shape index (κ1) is 26.3. The number of nitrogens with two attached hydrogens (primary N) is 2. The van der Waals surface area contributed by atoms with Crippen LogP contribution < -0.4 is 16.2 Å². The molecule has 3 heterocycles. The van der Waals surface area contributed by atoms with Crippen molar-refractivity contribution in [3.63, 3.8) is 0 Å². The van der Waals surface area contributed by atoms with E-state index >= 15 is 0 Å². The lowest BCUT2D eigenvalue weighted by Crippen LogP contribution is -2.36. The summed E-state index contributed by atoms with van der Waals surface area (Å²) in [5.74, 6) is 1.33. The summed E-state index contributed by atoms with van der Waals surface area (Å²) in [7, 11) is 0. The molecule has 0 aliphatic rings. The van der Waals surface area contributed by atoms with Crippen molar-refractivity contribution in [2.24, 2.45) is 11.5 Å². The van der Waals surface area contributed by atoms with Gasteiger partial charge in [-0.3, -0.25) is 4.98 Å². The molecular weight excluding hydrogens is 514 g/mol. The highest BCUT2D eigenvalue weighted by atomic mass is 35.5. The van der Waals surface area contributed by atoms with E-state index in [1.165, 1.54) is 0 Å². The third-order valence-corrected chi connectivity index (χ3v) is 7.69. The van der Waals surface area contributed by atoms with Gasteiger partial charge in [0.1, 0.15) is 5.75 Å². The molecule has 0 bridgehead atoms. The number of hydrogen-bond donors (Lipinski definition) is 2. The Morgan fingerprint density at radius 2 is 1.71 bits per heavy atom. The predicted molar refractivity (Wildman–Crippen MR) is 157 cm³/mol. The molecule has 0 saturated heterocycles. The van der Waals surface area contributed by atoms with Gasteiger partial charge >= 0.3 is 0 Å². The van der Waals surface area contributed by atoms with Crippen LogP contribution in [0.5, 0.6) is 5.75 Å².